The summed E-state index contributed by atoms with van der Waals surface area (Å²) in [4.78, 5) is 5.03. The molecule has 0 spiro atoms. The highest BCUT2D eigenvalue weighted by molar-refractivity contribution is 5.67. The normalized spacial score (nSPS) is 16.3. The molecule has 3 rings (SSSR count). The first kappa shape index (κ1) is 22.8. The van der Waals surface area contributed by atoms with Gasteiger partial charge in [0.25, 0.3) is 0 Å². The molecule has 2 aromatic carbocycles. The highest BCUT2D eigenvalue weighted by atomic mass is 19.4. The topological polar surface area (TPSA) is 6.48 Å². The minimum Gasteiger partial charge on any atom is -0.303 e. The number of piperidine rings is 1. The van der Waals surface area contributed by atoms with E-state index in [1.54, 1.807) is 12.1 Å². The van der Waals surface area contributed by atoms with Gasteiger partial charge in [-0.05, 0) is 80.2 Å². The number of alkyl halides is 3. The van der Waals surface area contributed by atoms with Crippen LogP contribution in [0.1, 0.15) is 37.8 Å². The molecule has 30 heavy (non-hydrogen) atoms. The Bertz CT molecular complexity index is 774. The van der Waals surface area contributed by atoms with Crippen molar-refractivity contribution < 1.29 is 13.2 Å². The molecular weight excluding hydrogens is 385 g/mol. The smallest absolute Gasteiger partial charge is 0.303 e. The van der Waals surface area contributed by atoms with E-state index in [0.29, 0.717) is 5.92 Å². The predicted molar refractivity (Wildman–Crippen MR) is 118 cm³/mol. The van der Waals surface area contributed by atoms with Gasteiger partial charge in [0.05, 0.1) is 5.56 Å². The lowest BCUT2D eigenvalue weighted by Gasteiger charge is -2.33. The zero-order valence-electron chi connectivity index (χ0n) is 18.1. The molecule has 0 N–H and O–H groups in total. The first-order valence-electron chi connectivity index (χ1n) is 11.1. The molecule has 1 aliphatic heterocycles. The molecular formula is C25H33F3N2. The minimum atomic E-state index is -4.29. The Morgan fingerprint density at radius 3 is 2.17 bits per heavy atom. The lowest BCUT2D eigenvalue weighted by Crippen LogP contribution is -2.40. The quantitative estimate of drug-likeness (QED) is 0.521. The van der Waals surface area contributed by atoms with Gasteiger partial charge in [0.15, 0.2) is 0 Å². The molecule has 2 aromatic rings. The van der Waals surface area contributed by atoms with E-state index in [4.69, 9.17) is 0 Å². The van der Waals surface area contributed by atoms with Crippen LogP contribution in [0.2, 0.25) is 0 Å². The van der Waals surface area contributed by atoms with Crippen molar-refractivity contribution in [1.82, 2.24) is 9.80 Å². The van der Waals surface area contributed by atoms with Crippen molar-refractivity contribution in [3.8, 4) is 11.1 Å². The number of rotatable bonds is 8. The van der Waals surface area contributed by atoms with Crippen molar-refractivity contribution in [2.24, 2.45) is 5.92 Å². The third-order valence-electron chi connectivity index (χ3n) is 6.38. The molecule has 1 heterocycles. The lowest BCUT2D eigenvalue weighted by atomic mass is 9.87. The Balaban J connectivity index is 1.60. The number of hydrogen-bond donors (Lipinski definition) is 0. The van der Waals surface area contributed by atoms with Crippen LogP contribution in [0, 0.1) is 5.92 Å². The van der Waals surface area contributed by atoms with Gasteiger partial charge in [-0.1, -0.05) is 50.2 Å². The summed E-state index contributed by atoms with van der Waals surface area (Å²) in [7, 11) is 0. The Morgan fingerprint density at radius 1 is 0.933 bits per heavy atom. The van der Waals surface area contributed by atoms with Crippen LogP contribution < -0.4 is 0 Å². The maximum absolute atomic E-state index is 12.9. The van der Waals surface area contributed by atoms with Crippen LogP contribution in [0.15, 0.2) is 48.5 Å². The molecule has 1 fully saturated rings. The molecule has 0 aromatic heterocycles. The number of likely N-dealkylation sites (N-methyl/N-ethyl adjacent to an activating group) is 1. The zero-order chi connectivity index (χ0) is 21.6. The highest BCUT2D eigenvalue weighted by Gasteiger charge is 2.30. The van der Waals surface area contributed by atoms with Crippen LogP contribution in [0.3, 0.4) is 0 Å². The summed E-state index contributed by atoms with van der Waals surface area (Å²) in [6, 6.07) is 13.7. The van der Waals surface area contributed by atoms with Crippen LogP contribution in [-0.2, 0) is 12.6 Å². The number of nitrogens with zero attached hydrogens (tertiary/aromatic N) is 2. The van der Waals surface area contributed by atoms with Crippen molar-refractivity contribution in [3.05, 3.63) is 59.7 Å². The van der Waals surface area contributed by atoms with Crippen LogP contribution >= 0.6 is 0 Å². The minimum absolute atomic E-state index is 0.596. The lowest BCUT2D eigenvalue weighted by molar-refractivity contribution is -0.137. The molecule has 0 saturated carbocycles. The highest BCUT2D eigenvalue weighted by Crippen LogP contribution is 2.33. The molecule has 0 amide bonds. The van der Waals surface area contributed by atoms with Gasteiger partial charge in [-0.15, -0.1) is 0 Å². The van der Waals surface area contributed by atoms with Crippen molar-refractivity contribution in [2.45, 2.75) is 39.3 Å². The fourth-order valence-electron chi connectivity index (χ4n) is 4.37. The molecule has 0 aliphatic carbocycles. The Labute approximate surface area is 178 Å². The standard InChI is InChI=1S/C25H33F3N2/c1-3-29(4-2)17-18-30-15-13-20(14-16-30)19-22-7-5-6-8-24(22)21-9-11-23(12-10-21)25(26,27)28/h5-12,20H,3-4,13-19H2,1-2H3. The third-order valence-corrected chi connectivity index (χ3v) is 6.38. The van der Waals surface area contributed by atoms with Crippen molar-refractivity contribution >= 4 is 0 Å². The van der Waals surface area contributed by atoms with E-state index < -0.39 is 11.7 Å². The molecule has 0 unspecified atom stereocenters. The van der Waals surface area contributed by atoms with Crippen molar-refractivity contribution in [2.75, 3.05) is 39.3 Å². The monoisotopic (exact) mass is 418 g/mol. The summed E-state index contributed by atoms with van der Waals surface area (Å²) in [5, 5.41) is 0. The maximum atomic E-state index is 12.9. The summed E-state index contributed by atoms with van der Waals surface area (Å²) in [6.45, 7) is 11.2. The van der Waals surface area contributed by atoms with Gasteiger partial charge in [-0.3, -0.25) is 0 Å². The van der Waals surface area contributed by atoms with E-state index in [1.165, 1.54) is 30.5 Å². The molecule has 1 aliphatic rings. The summed E-state index contributed by atoms with van der Waals surface area (Å²) in [5.74, 6) is 0.630. The third kappa shape index (κ3) is 6.08. The first-order valence-corrected chi connectivity index (χ1v) is 11.1. The van der Waals surface area contributed by atoms with Crippen LogP contribution in [0.25, 0.3) is 11.1 Å². The van der Waals surface area contributed by atoms with Gasteiger partial charge in [-0.2, -0.15) is 13.2 Å². The van der Waals surface area contributed by atoms with Gasteiger partial charge in [0.1, 0.15) is 0 Å². The second-order valence-corrected chi connectivity index (χ2v) is 8.25. The molecule has 5 heteroatoms. The van der Waals surface area contributed by atoms with E-state index in [1.807, 2.05) is 18.2 Å². The van der Waals surface area contributed by atoms with Crippen molar-refractivity contribution in [1.29, 1.82) is 0 Å². The Hall–Kier alpha value is -1.85. The van der Waals surface area contributed by atoms with Gasteiger partial charge in [0.2, 0.25) is 0 Å². The molecule has 164 valence electrons. The average molecular weight is 419 g/mol. The Kier molecular flexibility index (Phi) is 7.95. The summed E-state index contributed by atoms with van der Waals surface area (Å²) in [5.41, 5.74) is 2.55. The van der Waals surface area contributed by atoms with Crippen LogP contribution in [0.4, 0.5) is 13.2 Å². The molecule has 0 radical (unpaired) electrons. The SMILES string of the molecule is CCN(CC)CCN1CCC(Cc2ccccc2-c2ccc(C(F)(F)F)cc2)CC1. The molecule has 0 atom stereocenters. The van der Waals surface area contributed by atoms with Gasteiger partial charge in [0, 0.05) is 13.1 Å². The summed E-state index contributed by atoms with van der Waals surface area (Å²) >= 11 is 0. The molecule has 2 nitrogen and oxygen atoms in total. The van der Waals surface area contributed by atoms with E-state index in [-0.39, 0.29) is 0 Å². The van der Waals surface area contributed by atoms with E-state index in [9.17, 15) is 13.2 Å². The fourth-order valence-corrected chi connectivity index (χ4v) is 4.37. The second kappa shape index (κ2) is 10.5. The number of halogens is 3. The average Bonchev–Trinajstić information content (AvgIpc) is 2.75. The Morgan fingerprint density at radius 2 is 1.57 bits per heavy atom. The maximum Gasteiger partial charge on any atom is 0.416 e. The van der Waals surface area contributed by atoms with Crippen LogP contribution in [0.5, 0.6) is 0 Å². The predicted octanol–water partition coefficient (Wildman–Crippen LogP) is 5.97. The first-order chi connectivity index (χ1) is 14.4. The van der Waals surface area contributed by atoms with Crippen molar-refractivity contribution in [3.63, 3.8) is 0 Å². The van der Waals surface area contributed by atoms with Gasteiger partial charge in [-0.25, -0.2) is 0 Å². The summed E-state index contributed by atoms with van der Waals surface area (Å²) < 4.78 is 38.6. The van der Waals surface area contributed by atoms with E-state index in [0.717, 1.165) is 56.8 Å². The fraction of sp³-hybridized carbons (Fsp3) is 0.520. The van der Waals surface area contributed by atoms with Gasteiger partial charge < -0.3 is 9.80 Å². The number of likely N-dealkylation sites (tertiary alicyclic amines) is 1. The van der Waals surface area contributed by atoms with E-state index in [2.05, 4.69) is 29.7 Å². The molecule has 0 bridgehead atoms. The zero-order valence-corrected chi connectivity index (χ0v) is 18.1. The van der Waals surface area contributed by atoms with Gasteiger partial charge >= 0.3 is 6.18 Å². The summed E-state index contributed by atoms with van der Waals surface area (Å²) in [6.07, 6.45) is -0.947. The molecule has 1 saturated heterocycles. The number of hydrogen-bond acceptors (Lipinski definition) is 2. The second-order valence-electron chi connectivity index (χ2n) is 8.25. The van der Waals surface area contributed by atoms with E-state index >= 15 is 0 Å². The largest absolute Gasteiger partial charge is 0.416 e. The number of benzene rings is 2. The van der Waals surface area contributed by atoms with Crippen LogP contribution in [-0.4, -0.2) is 49.1 Å².